The number of carbonyl (C=O) groups excluding carboxylic acids is 2. The molecule has 2 aliphatic heterocycles. The van der Waals surface area contributed by atoms with Gasteiger partial charge in [-0.2, -0.15) is 5.26 Å². The van der Waals surface area contributed by atoms with Gasteiger partial charge in [0.15, 0.2) is 11.5 Å². The Kier molecular flexibility index (Phi) is 9.14. The topological polar surface area (TPSA) is 127 Å². The molecular formula is C31H44N8O3. The predicted octanol–water partition coefficient (Wildman–Crippen LogP) is 5.01. The van der Waals surface area contributed by atoms with E-state index in [0.717, 1.165) is 37.9 Å². The lowest BCUT2D eigenvalue weighted by Gasteiger charge is -2.40. The van der Waals surface area contributed by atoms with Crippen LogP contribution in [0.25, 0.3) is 0 Å². The van der Waals surface area contributed by atoms with Gasteiger partial charge in [-0.3, -0.25) is 0 Å². The van der Waals surface area contributed by atoms with Gasteiger partial charge in [-0.05, 0) is 76.5 Å². The second-order valence-electron chi connectivity index (χ2n) is 12.8. The Morgan fingerprint density at radius 3 is 2.40 bits per heavy atom. The van der Waals surface area contributed by atoms with Crippen molar-refractivity contribution in [2.45, 2.75) is 83.4 Å². The molecule has 4 rings (SSSR count). The maximum Gasteiger partial charge on any atom is 0.410 e. The van der Waals surface area contributed by atoms with Crippen LogP contribution in [0, 0.1) is 11.3 Å². The molecular weight excluding hydrogens is 532 g/mol. The molecule has 2 fully saturated rings. The van der Waals surface area contributed by atoms with E-state index in [4.69, 9.17) is 9.72 Å². The summed E-state index contributed by atoms with van der Waals surface area (Å²) in [6.07, 6.45) is 4.85. The number of urea groups is 1. The molecule has 11 nitrogen and oxygen atoms in total. The molecule has 0 aliphatic carbocycles. The number of amides is 3. The van der Waals surface area contributed by atoms with Crippen molar-refractivity contribution < 1.29 is 14.3 Å². The third-order valence-electron chi connectivity index (χ3n) is 8.23. The van der Waals surface area contributed by atoms with Crippen LogP contribution in [-0.4, -0.2) is 83.3 Å². The largest absolute Gasteiger partial charge is 0.444 e. The minimum absolute atomic E-state index is 0.0134. The van der Waals surface area contributed by atoms with Gasteiger partial charge in [-0.1, -0.05) is 19.1 Å². The average molecular weight is 577 g/mol. The summed E-state index contributed by atoms with van der Waals surface area (Å²) in [5, 5.41) is 16.1. The molecule has 3 heterocycles. The Labute approximate surface area is 249 Å². The number of nitrogens with zero attached hydrogens (tertiary/aromatic N) is 6. The van der Waals surface area contributed by atoms with Gasteiger partial charge in [-0.25, -0.2) is 19.6 Å². The molecule has 1 aromatic heterocycles. The van der Waals surface area contributed by atoms with E-state index in [1.165, 1.54) is 10.5 Å². The number of hydrogen-bond acceptors (Lipinski definition) is 8. The fourth-order valence-electron chi connectivity index (χ4n) is 5.53. The minimum Gasteiger partial charge on any atom is -0.444 e. The number of likely N-dealkylation sites (tertiary alicyclic amines) is 1. The van der Waals surface area contributed by atoms with Gasteiger partial charge >= 0.3 is 12.1 Å². The van der Waals surface area contributed by atoms with E-state index in [9.17, 15) is 14.9 Å². The van der Waals surface area contributed by atoms with Crippen molar-refractivity contribution in [1.29, 1.82) is 5.26 Å². The van der Waals surface area contributed by atoms with Crippen LogP contribution in [0.3, 0.4) is 0 Å². The number of piperidine rings is 2. The lowest BCUT2D eigenvalue weighted by molar-refractivity contribution is 0.0172. The Bertz CT molecular complexity index is 1310. The molecule has 2 aromatic rings. The number of rotatable bonds is 5. The molecule has 3 amide bonds. The average Bonchev–Trinajstić information content (AvgIpc) is 2.94. The summed E-state index contributed by atoms with van der Waals surface area (Å²) in [6.45, 7) is 12.0. The molecule has 2 aliphatic rings. The fourth-order valence-corrected chi connectivity index (χ4v) is 5.53. The maximum absolute atomic E-state index is 12.5. The lowest BCUT2D eigenvalue weighted by atomic mass is 9.74. The van der Waals surface area contributed by atoms with Gasteiger partial charge in [0, 0.05) is 45.5 Å². The van der Waals surface area contributed by atoms with E-state index in [-0.39, 0.29) is 35.3 Å². The fraction of sp³-hybridized carbons (Fsp3) is 0.581. The zero-order chi connectivity index (χ0) is 30.7. The van der Waals surface area contributed by atoms with E-state index in [1.54, 1.807) is 25.2 Å². The highest BCUT2D eigenvalue weighted by molar-refractivity contribution is 5.74. The van der Waals surface area contributed by atoms with Crippen molar-refractivity contribution >= 4 is 29.4 Å². The summed E-state index contributed by atoms with van der Waals surface area (Å²) >= 11 is 0. The maximum atomic E-state index is 12.5. The second-order valence-corrected chi connectivity index (χ2v) is 12.8. The molecule has 0 spiro atoms. The quantitative estimate of drug-likeness (QED) is 0.509. The Balaban J connectivity index is 1.44. The number of benzene rings is 1. The van der Waals surface area contributed by atoms with Gasteiger partial charge in [-0.15, -0.1) is 0 Å². The third-order valence-corrected chi connectivity index (χ3v) is 8.23. The Hall–Kier alpha value is -4.07. The number of carbonyl (C=O) groups is 2. The first-order chi connectivity index (χ1) is 19.8. The highest BCUT2D eigenvalue weighted by atomic mass is 16.6. The number of anilines is 3. The van der Waals surface area contributed by atoms with Gasteiger partial charge < -0.3 is 30.1 Å². The number of nitrogens with one attached hydrogen (secondary N) is 2. The van der Waals surface area contributed by atoms with Gasteiger partial charge in [0.25, 0.3) is 0 Å². The number of nitriles is 1. The molecule has 0 radical (unpaired) electrons. The molecule has 0 bridgehead atoms. The number of ether oxygens (including phenoxy) is 1. The first kappa shape index (κ1) is 30.9. The molecule has 2 saturated heterocycles. The van der Waals surface area contributed by atoms with Crippen LogP contribution >= 0.6 is 0 Å². The Morgan fingerprint density at radius 2 is 1.81 bits per heavy atom. The van der Waals surface area contributed by atoms with Crippen molar-refractivity contribution in [1.82, 2.24) is 25.1 Å². The van der Waals surface area contributed by atoms with Crippen LogP contribution in [-0.2, 0) is 10.2 Å². The lowest BCUT2D eigenvalue weighted by Crippen LogP contribution is -2.56. The first-order valence-corrected chi connectivity index (χ1v) is 14.7. The molecule has 2 N–H and O–H groups in total. The molecule has 226 valence electrons. The summed E-state index contributed by atoms with van der Waals surface area (Å²) in [6, 6.07) is 10.2. The normalized spacial score (nSPS) is 20.3. The smallest absolute Gasteiger partial charge is 0.410 e. The highest BCUT2D eigenvalue weighted by Crippen LogP contribution is 2.36. The molecule has 2 atom stereocenters. The Morgan fingerprint density at radius 1 is 1.14 bits per heavy atom. The van der Waals surface area contributed by atoms with Gasteiger partial charge in [0.2, 0.25) is 0 Å². The van der Waals surface area contributed by atoms with Crippen molar-refractivity contribution in [3.8, 4) is 6.07 Å². The zero-order valence-corrected chi connectivity index (χ0v) is 25.9. The number of hydrogen-bond donors (Lipinski definition) is 2. The number of aromatic nitrogens is 2. The standard InChI is InChI=1S/C31H44N8O3/c1-21-24(35-28(40)37(6)7)9-8-16-39(21)26-20-33-25(19-32)27(36-26)34-23-12-10-22(11-13-23)31(5)14-17-38(18-15-31)29(41)42-30(2,3)4/h10-13,20-21,24H,8-9,14-18H2,1-7H3,(H,34,36)(H,35,40)/t21-,24-/m1/s1. The van der Waals surface area contributed by atoms with Crippen LogP contribution < -0.4 is 15.5 Å². The first-order valence-electron chi connectivity index (χ1n) is 14.7. The van der Waals surface area contributed by atoms with Crippen LogP contribution in [0.5, 0.6) is 0 Å². The van der Waals surface area contributed by atoms with Crippen molar-refractivity contribution in [3.63, 3.8) is 0 Å². The van der Waals surface area contributed by atoms with Crippen LogP contribution in [0.2, 0.25) is 0 Å². The van der Waals surface area contributed by atoms with Crippen LogP contribution in [0.15, 0.2) is 30.5 Å². The zero-order valence-electron chi connectivity index (χ0n) is 25.9. The SMILES string of the molecule is C[C@@H]1[C@H](NC(=O)N(C)C)CCCN1c1cnc(C#N)c(Nc2ccc(C3(C)CCN(C(=O)OC(C)(C)C)CC3)cc2)n1. The van der Waals surface area contributed by atoms with E-state index in [1.807, 2.05) is 32.9 Å². The second kappa shape index (κ2) is 12.4. The van der Waals surface area contributed by atoms with E-state index < -0.39 is 5.60 Å². The highest BCUT2D eigenvalue weighted by Gasteiger charge is 2.35. The minimum atomic E-state index is -0.506. The molecule has 11 heteroatoms. The van der Waals surface area contributed by atoms with Gasteiger partial charge in [0.05, 0.1) is 12.2 Å². The van der Waals surface area contributed by atoms with Crippen LogP contribution in [0.4, 0.5) is 26.9 Å². The van der Waals surface area contributed by atoms with E-state index >= 15 is 0 Å². The van der Waals surface area contributed by atoms with E-state index in [2.05, 4.69) is 52.6 Å². The summed E-state index contributed by atoms with van der Waals surface area (Å²) in [7, 11) is 3.46. The van der Waals surface area contributed by atoms with Crippen molar-refractivity contribution in [3.05, 3.63) is 41.7 Å². The summed E-state index contributed by atoms with van der Waals surface area (Å²) < 4.78 is 5.55. The monoisotopic (exact) mass is 576 g/mol. The van der Waals surface area contributed by atoms with Crippen LogP contribution in [0.1, 0.15) is 71.6 Å². The molecule has 1 aromatic carbocycles. The summed E-state index contributed by atoms with van der Waals surface area (Å²) in [5.74, 6) is 1.06. The van der Waals surface area contributed by atoms with Crippen molar-refractivity contribution in [2.75, 3.05) is 43.9 Å². The molecule has 0 saturated carbocycles. The summed E-state index contributed by atoms with van der Waals surface area (Å²) in [4.78, 5) is 39.4. The predicted molar refractivity (Wildman–Crippen MR) is 163 cm³/mol. The summed E-state index contributed by atoms with van der Waals surface area (Å²) in [5.41, 5.74) is 1.65. The van der Waals surface area contributed by atoms with Gasteiger partial charge in [0.1, 0.15) is 17.5 Å². The molecule has 42 heavy (non-hydrogen) atoms. The van der Waals surface area contributed by atoms with E-state index in [0.29, 0.717) is 24.7 Å². The van der Waals surface area contributed by atoms with Crippen molar-refractivity contribution in [2.24, 2.45) is 0 Å². The molecule has 0 unspecified atom stereocenters. The third kappa shape index (κ3) is 7.22.